The van der Waals surface area contributed by atoms with Crippen LogP contribution < -0.4 is 11.3 Å². The topological polar surface area (TPSA) is 160 Å². The van der Waals surface area contributed by atoms with Crippen LogP contribution in [0.5, 0.6) is 0 Å². The number of H-pyrrole nitrogens is 1. The number of anilines is 1. The van der Waals surface area contributed by atoms with Crippen molar-refractivity contribution < 1.29 is 20.1 Å². The Hall–Kier alpha value is -2.01. The minimum atomic E-state index is -1.61. The van der Waals surface area contributed by atoms with Gasteiger partial charge in [0.2, 0.25) is 5.95 Å². The molecule has 3 atom stereocenters. The highest BCUT2D eigenvalue weighted by Crippen LogP contribution is 2.27. The van der Waals surface area contributed by atoms with Crippen molar-refractivity contribution in [2.45, 2.75) is 24.4 Å². The third-order valence-electron chi connectivity index (χ3n) is 3.57. The summed E-state index contributed by atoms with van der Waals surface area (Å²) >= 11 is 0. The summed E-state index contributed by atoms with van der Waals surface area (Å²) in [5.41, 5.74) is 3.67. The lowest BCUT2D eigenvalue weighted by atomic mass is 9.96. The molecule has 1 saturated heterocycles. The van der Waals surface area contributed by atoms with Crippen LogP contribution >= 0.6 is 0 Å². The lowest BCUT2D eigenvalue weighted by Crippen LogP contribution is -2.47. The maximum absolute atomic E-state index is 11.7. The second-order valence-electron chi connectivity index (χ2n) is 5.08. The number of aromatic nitrogens is 4. The number of imidazole rings is 1. The number of rotatable bonds is 3. The van der Waals surface area contributed by atoms with Crippen molar-refractivity contribution in [3.8, 4) is 0 Å². The summed E-state index contributed by atoms with van der Waals surface area (Å²) < 4.78 is 6.55. The summed E-state index contributed by atoms with van der Waals surface area (Å²) in [6.07, 6.45) is -0.797. The largest absolute Gasteiger partial charge is 0.394 e. The predicted octanol–water partition coefficient (Wildman–Crippen LogP) is -2.82. The lowest BCUT2D eigenvalue weighted by Gasteiger charge is -2.26. The number of nitrogens with two attached hydrogens (primary N) is 1. The van der Waals surface area contributed by atoms with Crippen molar-refractivity contribution in [1.29, 1.82) is 0 Å². The Bertz CT molecular complexity index is 727. The first-order chi connectivity index (χ1) is 9.94. The van der Waals surface area contributed by atoms with Gasteiger partial charge in [-0.1, -0.05) is 0 Å². The zero-order chi connectivity index (χ0) is 15.2. The molecule has 1 aliphatic rings. The number of aliphatic hydroxyl groups is 3. The monoisotopic (exact) mass is 297 g/mol. The average molecular weight is 297 g/mol. The van der Waals surface area contributed by atoms with E-state index in [1.165, 1.54) is 10.9 Å². The first kappa shape index (κ1) is 13.9. The Morgan fingerprint density at radius 2 is 2.38 bits per heavy atom. The molecule has 0 amide bonds. The number of hydrogen-bond donors (Lipinski definition) is 5. The Morgan fingerprint density at radius 3 is 3.05 bits per heavy atom. The van der Waals surface area contributed by atoms with Crippen LogP contribution in [0.2, 0.25) is 0 Å². The molecule has 3 heterocycles. The van der Waals surface area contributed by atoms with Crippen molar-refractivity contribution in [3.05, 3.63) is 16.7 Å². The van der Waals surface area contributed by atoms with Crippen molar-refractivity contribution in [2.24, 2.45) is 0 Å². The summed E-state index contributed by atoms with van der Waals surface area (Å²) in [6, 6.07) is 0. The molecule has 1 fully saturated rings. The van der Waals surface area contributed by atoms with Crippen LogP contribution in [0, 0.1) is 0 Å². The lowest BCUT2D eigenvalue weighted by molar-refractivity contribution is -0.0644. The highest BCUT2D eigenvalue weighted by atomic mass is 16.5. The van der Waals surface area contributed by atoms with Crippen molar-refractivity contribution in [1.82, 2.24) is 19.5 Å². The molecule has 114 valence electrons. The van der Waals surface area contributed by atoms with Crippen LogP contribution in [0.15, 0.2) is 11.1 Å². The third kappa shape index (κ3) is 2.17. The Morgan fingerprint density at radius 1 is 1.62 bits per heavy atom. The molecule has 3 rings (SSSR count). The predicted molar refractivity (Wildman–Crippen MR) is 70.3 cm³/mol. The third-order valence-corrected chi connectivity index (χ3v) is 3.57. The molecule has 10 nitrogen and oxygen atoms in total. The molecule has 6 N–H and O–H groups in total. The molecule has 0 spiro atoms. The second kappa shape index (κ2) is 4.77. The number of aromatic amines is 1. The summed E-state index contributed by atoms with van der Waals surface area (Å²) in [7, 11) is 0. The molecule has 2 aromatic heterocycles. The molecule has 0 saturated carbocycles. The van der Waals surface area contributed by atoms with Crippen molar-refractivity contribution in [2.75, 3.05) is 18.9 Å². The highest BCUT2D eigenvalue weighted by molar-refractivity contribution is 5.70. The number of nitrogen functional groups attached to an aromatic ring is 1. The maximum Gasteiger partial charge on any atom is 0.280 e. The van der Waals surface area contributed by atoms with Crippen LogP contribution in [0.4, 0.5) is 5.95 Å². The SMILES string of the molecule is Nc1nc2c(ncn2C[C@]2(O)CO[C@H](CO)[C@H]2O)c(=O)[nH]1. The Kier molecular flexibility index (Phi) is 3.17. The zero-order valence-electron chi connectivity index (χ0n) is 10.9. The fraction of sp³-hybridized carbons (Fsp3) is 0.545. The number of hydrogen-bond acceptors (Lipinski definition) is 8. The summed E-state index contributed by atoms with van der Waals surface area (Å²) in [4.78, 5) is 21.9. The number of nitrogens with zero attached hydrogens (tertiary/aromatic N) is 3. The minimum absolute atomic E-state index is 0.0716. The summed E-state index contributed by atoms with van der Waals surface area (Å²) in [6.45, 7) is -0.659. The molecule has 1 aliphatic heterocycles. The fourth-order valence-electron chi connectivity index (χ4n) is 2.45. The van der Waals surface area contributed by atoms with Crippen LogP contribution in [-0.4, -0.2) is 65.9 Å². The van der Waals surface area contributed by atoms with Crippen molar-refractivity contribution >= 4 is 17.1 Å². The molecule has 0 radical (unpaired) electrons. The first-order valence-electron chi connectivity index (χ1n) is 6.28. The molecule has 0 bridgehead atoms. The van der Waals surface area contributed by atoms with E-state index in [-0.39, 0.29) is 30.3 Å². The Labute approximate surface area is 117 Å². The standard InChI is InChI=1S/C11H15N5O5/c12-10-14-8-6(9(19)15-10)13-4-16(8)2-11(20)3-21-5(1-17)7(11)18/h4-5,7,17-18,20H,1-3H2,(H3,12,14,15,19)/t5-,7-,11+/m1/s1. The molecular formula is C11H15N5O5. The van der Waals surface area contributed by atoms with Gasteiger partial charge in [0.1, 0.15) is 17.8 Å². The van der Waals surface area contributed by atoms with Gasteiger partial charge in [-0.15, -0.1) is 0 Å². The van der Waals surface area contributed by atoms with E-state index >= 15 is 0 Å². The number of ether oxygens (including phenoxy) is 1. The van der Waals surface area contributed by atoms with Gasteiger partial charge >= 0.3 is 0 Å². The number of nitrogens with one attached hydrogen (secondary N) is 1. The van der Waals surface area contributed by atoms with Gasteiger partial charge < -0.3 is 30.4 Å². The smallest absolute Gasteiger partial charge is 0.280 e. The van der Waals surface area contributed by atoms with Gasteiger partial charge in [0.15, 0.2) is 11.2 Å². The average Bonchev–Trinajstić information content (AvgIpc) is 2.94. The van der Waals surface area contributed by atoms with Gasteiger partial charge in [-0.05, 0) is 0 Å². The normalized spacial score (nSPS) is 29.3. The van der Waals surface area contributed by atoms with Gasteiger partial charge in [-0.25, -0.2) is 4.98 Å². The van der Waals surface area contributed by atoms with Gasteiger partial charge in [-0.2, -0.15) is 4.98 Å². The van der Waals surface area contributed by atoms with Crippen LogP contribution in [0.25, 0.3) is 11.2 Å². The quantitative estimate of drug-likeness (QED) is 0.405. The molecule has 0 aromatic carbocycles. The highest BCUT2D eigenvalue weighted by Gasteiger charge is 2.48. The van der Waals surface area contributed by atoms with Gasteiger partial charge in [0, 0.05) is 0 Å². The van der Waals surface area contributed by atoms with E-state index < -0.39 is 30.0 Å². The molecule has 0 aliphatic carbocycles. The van der Waals surface area contributed by atoms with E-state index in [0.717, 1.165) is 0 Å². The molecule has 0 unspecified atom stereocenters. The first-order valence-corrected chi connectivity index (χ1v) is 6.28. The van der Waals surface area contributed by atoms with Crippen LogP contribution in [0.3, 0.4) is 0 Å². The Balaban J connectivity index is 1.97. The van der Waals surface area contributed by atoms with E-state index in [1.54, 1.807) is 0 Å². The molecule has 21 heavy (non-hydrogen) atoms. The van der Waals surface area contributed by atoms with E-state index in [0.29, 0.717) is 0 Å². The van der Waals surface area contributed by atoms with E-state index in [1.807, 2.05) is 0 Å². The maximum atomic E-state index is 11.7. The van der Waals surface area contributed by atoms with E-state index in [2.05, 4.69) is 15.0 Å². The second-order valence-corrected chi connectivity index (χ2v) is 5.08. The van der Waals surface area contributed by atoms with Crippen molar-refractivity contribution in [3.63, 3.8) is 0 Å². The fourth-order valence-corrected chi connectivity index (χ4v) is 2.45. The van der Waals surface area contributed by atoms with Gasteiger partial charge in [0.05, 0.1) is 26.1 Å². The van der Waals surface area contributed by atoms with Gasteiger partial charge in [0.25, 0.3) is 5.56 Å². The zero-order valence-corrected chi connectivity index (χ0v) is 10.9. The molecular weight excluding hydrogens is 282 g/mol. The van der Waals surface area contributed by atoms with Gasteiger partial charge in [-0.3, -0.25) is 9.78 Å². The number of fused-ring (bicyclic) bond motifs is 1. The number of aliphatic hydroxyl groups excluding tert-OH is 2. The van der Waals surface area contributed by atoms with E-state index in [4.69, 9.17) is 15.6 Å². The van der Waals surface area contributed by atoms with E-state index in [9.17, 15) is 15.0 Å². The summed E-state index contributed by atoms with van der Waals surface area (Å²) in [5, 5.41) is 29.5. The molecule has 10 heteroatoms. The minimum Gasteiger partial charge on any atom is -0.394 e. The molecule has 2 aromatic rings. The van der Waals surface area contributed by atoms with Crippen LogP contribution in [0.1, 0.15) is 0 Å². The van der Waals surface area contributed by atoms with Crippen LogP contribution in [-0.2, 0) is 11.3 Å². The summed E-state index contributed by atoms with van der Waals surface area (Å²) in [5.74, 6) is -0.0716.